The lowest BCUT2D eigenvalue weighted by molar-refractivity contribution is -0.118. The summed E-state index contributed by atoms with van der Waals surface area (Å²) in [5.74, 6) is 0.0317. The van der Waals surface area contributed by atoms with Crippen molar-refractivity contribution in [2.24, 2.45) is 0 Å². The van der Waals surface area contributed by atoms with E-state index in [2.05, 4.69) is 37.4 Å². The summed E-state index contributed by atoms with van der Waals surface area (Å²) in [5.41, 5.74) is 4.06. The summed E-state index contributed by atoms with van der Waals surface area (Å²) < 4.78 is 0. The zero-order chi connectivity index (χ0) is 12.0. The van der Waals surface area contributed by atoms with Gasteiger partial charge < -0.3 is 5.32 Å². The molecule has 0 unspecified atom stereocenters. The van der Waals surface area contributed by atoms with Crippen molar-refractivity contribution in [1.82, 2.24) is 5.32 Å². The molecule has 0 bridgehead atoms. The molecule has 0 aliphatic heterocycles. The molecule has 0 radical (unpaired) electrons. The zero-order valence-corrected chi connectivity index (χ0v) is 10.5. The van der Waals surface area contributed by atoms with Crippen LogP contribution in [-0.2, 0) is 4.79 Å². The molecule has 1 amide bonds. The molecule has 0 heterocycles. The number of nitrogens with one attached hydrogen (secondary N) is 1. The number of hydrogen-bond acceptors (Lipinski definition) is 1. The molecule has 2 heteroatoms. The Hall–Kier alpha value is -1.31. The lowest BCUT2D eigenvalue weighted by Gasteiger charge is -2.08. The van der Waals surface area contributed by atoms with Gasteiger partial charge in [-0.3, -0.25) is 4.79 Å². The van der Waals surface area contributed by atoms with Crippen LogP contribution in [0.5, 0.6) is 0 Å². The smallest absolute Gasteiger partial charge is 0.217 e. The Morgan fingerprint density at radius 3 is 2.62 bits per heavy atom. The maximum absolute atomic E-state index is 10.9. The van der Waals surface area contributed by atoms with Gasteiger partial charge in [0.05, 0.1) is 0 Å². The van der Waals surface area contributed by atoms with Crippen LogP contribution in [0.2, 0.25) is 0 Å². The largest absolute Gasteiger partial charge is 0.352 e. The van der Waals surface area contributed by atoms with Gasteiger partial charge in [0.15, 0.2) is 0 Å². The Morgan fingerprint density at radius 1 is 1.31 bits per heavy atom. The van der Waals surface area contributed by atoms with Crippen LogP contribution in [0.3, 0.4) is 0 Å². The standard InChI is InChI=1S/C14H21NO/c1-4-12-6-8-13(5-2)14(9-7-12)10-15-11(3)16/h6-7,9H,4-5,8,10H2,1-3H3,(H,15,16). The Labute approximate surface area is 98.1 Å². The maximum Gasteiger partial charge on any atom is 0.217 e. The first kappa shape index (κ1) is 12.8. The highest BCUT2D eigenvalue weighted by Gasteiger charge is 2.06. The molecule has 0 aromatic carbocycles. The van der Waals surface area contributed by atoms with E-state index in [0.29, 0.717) is 6.54 Å². The van der Waals surface area contributed by atoms with E-state index in [0.717, 1.165) is 19.3 Å². The minimum atomic E-state index is 0.0317. The van der Waals surface area contributed by atoms with Gasteiger partial charge in [0, 0.05) is 13.5 Å². The monoisotopic (exact) mass is 219 g/mol. The maximum atomic E-state index is 10.9. The molecule has 1 N–H and O–H groups in total. The molecule has 1 rings (SSSR count). The van der Waals surface area contributed by atoms with Gasteiger partial charge in [0.25, 0.3) is 0 Å². The van der Waals surface area contributed by atoms with Crippen molar-refractivity contribution in [1.29, 1.82) is 0 Å². The van der Waals surface area contributed by atoms with Crippen LogP contribution in [0.1, 0.15) is 40.0 Å². The summed E-state index contributed by atoms with van der Waals surface area (Å²) in [6.45, 7) is 6.55. The van der Waals surface area contributed by atoms with Gasteiger partial charge >= 0.3 is 0 Å². The van der Waals surface area contributed by atoms with Crippen molar-refractivity contribution >= 4 is 5.91 Å². The van der Waals surface area contributed by atoms with Crippen LogP contribution in [-0.4, -0.2) is 12.5 Å². The van der Waals surface area contributed by atoms with Gasteiger partial charge in [-0.2, -0.15) is 0 Å². The van der Waals surface area contributed by atoms with Crippen molar-refractivity contribution < 1.29 is 4.79 Å². The van der Waals surface area contributed by atoms with Crippen LogP contribution in [0, 0.1) is 0 Å². The molecule has 16 heavy (non-hydrogen) atoms. The minimum Gasteiger partial charge on any atom is -0.352 e. The zero-order valence-electron chi connectivity index (χ0n) is 10.5. The molecule has 0 spiro atoms. The summed E-state index contributed by atoms with van der Waals surface area (Å²) in [6.07, 6.45) is 9.74. The fraction of sp³-hybridized carbons (Fsp3) is 0.500. The van der Waals surface area contributed by atoms with Crippen molar-refractivity contribution in [3.8, 4) is 0 Å². The van der Waals surface area contributed by atoms with Crippen LogP contribution in [0.15, 0.2) is 34.9 Å². The van der Waals surface area contributed by atoms with E-state index in [4.69, 9.17) is 0 Å². The predicted molar refractivity (Wildman–Crippen MR) is 68.1 cm³/mol. The molecule has 0 saturated carbocycles. The Morgan fingerprint density at radius 2 is 2.06 bits per heavy atom. The first-order valence-corrected chi connectivity index (χ1v) is 5.99. The molecule has 1 aliphatic carbocycles. The van der Waals surface area contributed by atoms with Crippen molar-refractivity contribution in [3.05, 3.63) is 34.9 Å². The minimum absolute atomic E-state index is 0.0317. The highest BCUT2D eigenvalue weighted by atomic mass is 16.1. The summed E-state index contributed by atoms with van der Waals surface area (Å²) in [6, 6.07) is 0. The quantitative estimate of drug-likeness (QED) is 0.773. The van der Waals surface area contributed by atoms with Gasteiger partial charge in [-0.15, -0.1) is 0 Å². The van der Waals surface area contributed by atoms with E-state index in [1.807, 2.05) is 0 Å². The molecular formula is C14H21NO. The third-order valence-electron chi connectivity index (χ3n) is 2.93. The number of amides is 1. The lowest BCUT2D eigenvalue weighted by atomic mass is 10.0. The first-order chi connectivity index (χ1) is 7.67. The number of hydrogen-bond donors (Lipinski definition) is 1. The fourth-order valence-electron chi connectivity index (χ4n) is 1.82. The third-order valence-corrected chi connectivity index (χ3v) is 2.93. The van der Waals surface area contributed by atoms with E-state index >= 15 is 0 Å². The van der Waals surface area contributed by atoms with Crippen LogP contribution in [0.25, 0.3) is 0 Å². The first-order valence-electron chi connectivity index (χ1n) is 5.99. The normalized spacial score (nSPS) is 15.8. The SMILES string of the molecule is CCC1=CCC(CC)=C(CNC(C)=O)C=C1. The molecule has 0 aromatic heterocycles. The second-order valence-electron chi connectivity index (χ2n) is 4.06. The summed E-state index contributed by atoms with van der Waals surface area (Å²) in [4.78, 5) is 10.9. The number of rotatable bonds is 4. The summed E-state index contributed by atoms with van der Waals surface area (Å²) >= 11 is 0. The molecule has 0 saturated heterocycles. The molecule has 0 fully saturated rings. The van der Waals surface area contributed by atoms with E-state index < -0.39 is 0 Å². The Kier molecular flexibility index (Phi) is 5.03. The van der Waals surface area contributed by atoms with Crippen molar-refractivity contribution in [2.75, 3.05) is 6.54 Å². The van der Waals surface area contributed by atoms with E-state index in [-0.39, 0.29) is 5.91 Å². The van der Waals surface area contributed by atoms with Crippen molar-refractivity contribution in [2.45, 2.75) is 40.0 Å². The van der Waals surface area contributed by atoms with Gasteiger partial charge in [-0.1, -0.05) is 43.2 Å². The molecular weight excluding hydrogens is 198 g/mol. The number of carbonyl (C=O) groups excluding carboxylic acids is 1. The Balaban J connectivity index is 2.77. The lowest BCUT2D eigenvalue weighted by Crippen LogP contribution is -2.22. The van der Waals surface area contributed by atoms with E-state index in [1.54, 1.807) is 6.92 Å². The number of carbonyl (C=O) groups is 1. The van der Waals surface area contributed by atoms with Crippen LogP contribution < -0.4 is 5.32 Å². The topological polar surface area (TPSA) is 29.1 Å². The van der Waals surface area contributed by atoms with Crippen LogP contribution >= 0.6 is 0 Å². The van der Waals surface area contributed by atoms with Gasteiger partial charge in [0.2, 0.25) is 5.91 Å². The summed E-state index contributed by atoms with van der Waals surface area (Å²) in [7, 11) is 0. The molecule has 1 aliphatic rings. The Bertz CT molecular complexity index is 348. The molecule has 0 atom stereocenters. The predicted octanol–water partition coefficient (Wildman–Crippen LogP) is 3.13. The highest BCUT2D eigenvalue weighted by molar-refractivity contribution is 5.73. The number of allylic oxidation sites excluding steroid dienone is 4. The van der Waals surface area contributed by atoms with E-state index in [9.17, 15) is 4.79 Å². The van der Waals surface area contributed by atoms with Gasteiger partial charge in [-0.25, -0.2) is 0 Å². The van der Waals surface area contributed by atoms with E-state index in [1.165, 1.54) is 16.7 Å². The average Bonchev–Trinajstić information content (AvgIpc) is 2.47. The summed E-state index contributed by atoms with van der Waals surface area (Å²) in [5, 5.41) is 2.87. The molecule has 2 nitrogen and oxygen atoms in total. The third kappa shape index (κ3) is 3.69. The molecule has 0 aromatic rings. The highest BCUT2D eigenvalue weighted by Crippen LogP contribution is 2.21. The van der Waals surface area contributed by atoms with Gasteiger partial charge in [-0.05, 0) is 24.8 Å². The fourth-order valence-corrected chi connectivity index (χ4v) is 1.82. The average molecular weight is 219 g/mol. The van der Waals surface area contributed by atoms with Crippen LogP contribution in [0.4, 0.5) is 0 Å². The molecule has 88 valence electrons. The second kappa shape index (κ2) is 6.31. The van der Waals surface area contributed by atoms with Gasteiger partial charge in [0.1, 0.15) is 0 Å². The second-order valence-corrected chi connectivity index (χ2v) is 4.06. The van der Waals surface area contributed by atoms with Crippen molar-refractivity contribution in [3.63, 3.8) is 0 Å².